The van der Waals surface area contributed by atoms with E-state index in [9.17, 15) is 9.90 Å². The minimum atomic E-state index is -0.805. The second kappa shape index (κ2) is 7.73. The zero-order valence-corrected chi connectivity index (χ0v) is 14.8. The van der Waals surface area contributed by atoms with Crippen LogP contribution in [0.4, 0.5) is 4.79 Å². The zero-order valence-electron chi connectivity index (χ0n) is 14.0. The Hall–Kier alpha value is -1.98. The molecule has 1 atom stereocenters. The van der Waals surface area contributed by atoms with Gasteiger partial charge in [-0.05, 0) is 63.6 Å². The Balaban J connectivity index is 1.86. The second-order valence-corrected chi connectivity index (χ2v) is 6.88. The number of alkyl carbamates (subject to hydrolysis) is 1. The molecule has 2 aromatic rings. The van der Waals surface area contributed by atoms with Gasteiger partial charge in [-0.15, -0.1) is 0 Å². The Morgan fingerprint density at radius 1 is 1.25 bits per heavy atom. The summed E-state index contributed by atoms with van der Waals surface area (Å²) in [5, 5.41) is 13.4. The van der Waals surface area contributed by atoms with Crippen molar-refractivity contribution in [1.82, 2.24) is 5.32 Å². The lowest BCUT2D eigenvalue weighted by atomic mass is 10.2. The number of hydrogen-bond acceptors (Lipinski definition) is 4. The summed E-state index contributed by atoms with van der Waals surface area (Å²) in [6.45, 7) is 5.67. The molecule has 0 unspecified atom stereocenters. The van der Waals surface area contributed by atoms with Gasteiger partial charge in [0.05, 0.1) is 0 Å². The molecule has 0 aliphatic heterocycles. The van der Waals surface area contributed by atoms with E-state index in [1.165, 1.54) is 0 Å². The molecule has 0 aliphatic carbocycles. The fraction of sp³-hybridized carbons (Fsp3) is 0.389. The van der Waals surface area contributed by atoms with Gasteiger partial charge in [0.25, 0.3) is 0 Å². The molecule has 0 spiro atoms. The van der Waals surface area contributed by atoms with Crippen LogP contribution in [-0.2, 0) is 4.74 Å². The smallest absolute Gasteiger partial charge is 0.407 e. The third kappa shape index (κ3) is 5.58. The molecule has 1 aromatic heterocycles. The third-order valence-electron chi connectivity index (χ3n) is 3.17. The number of aliphatic hydroxyl groups is 1. The number of benzene rings is 1. The van der Waals surface area contributed by atoms with E-state index in [0.29, 0.717) is 23.0 Å². The Bertz CT molecular complexity index is 673. The standard InChI is InChI=1S/C18H22ClNO4/c1-18(2,3)24-17(22)20-11-10-14(21)16-9-8-15(23-16)12-4-6-13(19)7-5-12/h4-9,14,21H,10-11H2,1-3H3,(H,20,22)/t14-/m0/s1. The maximum absolute atomic E-state index is 11.5. The molecule has 6 heteroatoms. The number of furan rings is 1. The monoisotopic (exact) mass is 351 g/mol. The molecule has 2 N–H and O–H groups in total. The number of halogens is 1. The topological polar surface area (TPSA) is 71.7 Å². The predicted octanol–water partition coefficient (Wildman–Crippen LogP) is 4.55. The van der Waals surface area contributed by atoms with E-state index >= 15 is 0 Å². The maximum Gasteiger partial charge on any atom is 0.407 e. The highest BCUT2D eigenvalue weighted by Crippen LogP contribution is 2.27. The largest absolute Gasteiger partial charge is 0.458 e. The molecule has 0 saturated carbocycles. The first-order valence-corrected chi connectivity index (χ1v) is 8.13. The Kier molecular flexibility index (Phi) is 5.91. The Morgan fingerprint density at radius 2 is 1.92 bits per heavy atom. The van der Waals surface area contributed by atoms with Crippen LogP contribution in [0, 0.1) is 0 Å². The van der Waals surface area contributed by atoms with Crippen molar-refractivity contribution in [3.63, 3.8) is 0 Å². The summed E-state index contributed by atoms with van der Waals surface area (Å²) >= 11 is 5.86. The molecule has 5 nitrogen and oxygen atoms in total. The summed E-state index contributed by atoms with van der Waals surface area (Å²) in [5.41, 5.74) is 0.335. The molecule has 0 saturated heterocycles. The summed E-state index contributed by atoms with van der Waals surface area (Å²) in [7, 11) is 0. The summed E-state index contributed by atoms with van der Waals surface area (Å²) in [4.78, 5) is 11.5. The van der Waals surface area contributed by atoms with Gasteiger partial charge in [-0.2, -0.15) is 0 Å². The molecule has 0 aliphatic rings. The van der Waals surface area contributed by atoms with Gasteiger partial charge in [0.2, 0.25) is 0 Å². The maximum atomic E-state index is 11.5. The van der Waals surface area contributed by atoms with Crippen LogP contribution in [0.2, 0.25) is 5.02 Å². The molecule has 130 valence electrons. The van der Waals surface area contributed by atoms with Crippen LogP contribution in [0.25, 0.3) is 11.3 Å². The minimum Gasteiger partial charge on any atom is -0.458 e. The first kappa shape index (κ1) is 18.4. The average molecular weight is 352 g/mol. The molecule has 1 heterocycles. The van der Waals surface area contributed by atoms with Crippen molar-refractivity contribution in [2.24, 2.45) is 0 Å². The highest BCUT2D eigenvalue weighted by molar-refractivity contribution is 6.30. The van der Waals surface area contributed by atoms with E-state index in [-0.39, 0.29) is 6.54 Å². The van der Waals surface area contributed by atoms with Crippen LogP contribution in [0.15, 0.2) is 40.8 Å². The molecule has 0 radical (unpaired) electrons. The molecule has 1 amide bonds. The summed E-state index contributed by atoms with van der Waals surface area (Å²) < 4.78 is 10.8. The van der Waals surface area contributed by atoms with Crippen molar-refractivity contribution in [2.75, 3.05) is 6.54 Å². The number of carbonyl (C=O) groups is 1. The molecule has 0 fully saturated rings. The summed E-state index contributed by atoms with van der Waals surface area (Å²) in [5.74, 6) is 1.10. The fourth-order valence-corrected chi connectivity index (χ4v) is 2.19. The van der Waals surface area contributed by atoms with Gasteiger partial charge < -0.3 is 19.6 Å². The van der Waals surface area contributed by atoms with Crippen LogP contribution in [0.3, 0.4) is 0 Å². The molecular weight excluding hydrogens is 330 g/mol. The van der Waals surface area contributed by atoms with Gasteiger partial charge in [0, 0.05) is 17.1 Å². The number of carbonyl (C=O) groups excluding carboxylic acids is 1. The number of nitrogens with one attached hydrogen (secondary N) is 1. The quantitative estimate of drug-likeness (QED) is 0.829. The van der Waals surface area contributed by atoms with Crippen molar-refractivity contribution < 1.29 is 19.1 Å². The molecule has 0 bridgehead atoms. The van der Waals surface area contributed by atoms with Gasteiger partial charge >= 0.3 is 6.09 Å². The van der Waals surface area contributed by atoms with Crippen molar-refractivity contribution >= 4 is 17.7 Å². The van der Waals surface area contributed by atoms with E-state index in [4.69, 9.17) is 20.8 Å². The van der Waals surface area contributed by atoms with E-state index in [1.54, 1.807) is 45.0 Å². The van der Waals surface area contributed by atoms with Gasteiger partial charge in [0.1, 0.15) is 23.2 Å². The van der Waals surface area contributed by atoms with E-state index in [0.717, 1.165) is 5.56 Å². The normalized spacial score (nSPS) is 12.7. The Morgan fingerprint density at radius 3 is 2.54 bits per heavy atom. The van der Waals surface area contributed by atoms with Crippen molar-refractivity contribution in [1.29, 1.82) is 0 Å². The van der Waals surface area contributed by atoms with Gasteiger partial charge in [-0.1, -0.05) is 11.6 Å². The molecule has 1 aromatic carbocycles. The third-order valence-corrected chi connectivity index (χ3v) is 3.42. The number of ether oxygens (including phenoxy) is 1. The second-order valence-electron chi connectivity index (χ2n) is 6.44. The zero-order chi connectivity index (χ0) is 17.7. The highest BCUT2D eigenvalue weighted by atomic mass is 35.5. The van der Waals surface area contributed by atoms with Crippen LogP contribution >= 0.6 is 11.6 Å². The Labute approximate surface area is 146 Å². The minimum absolute atomic E-state index is 0.285. The SMILES string of the molecule is CC(C)(C)OC(=O)NCC[C@H](O)c1ccc(-c2ccc(Cl)cc2)o1. The van der Waals surface area contributed by atoms with E-state index in [1.807, 2.05) is 12.1 Å². The number of rotatable bonds is 5. The van der Waals surface area contributed by atoms with Crippen LogP contribution in [0.5, 0.6) is 0 Å². The van der Waals surface area contributed by atoms with Crippen LogP contribution in [0.1, 0.15) is 39.1 Å². The van der Waals surface area contributed by atoms with Crippen molar-refractivity contribution in [2.45, 2.75) is 38.9 Å². The molecule has 24 heavy (non-hydrogen) atoms. The van der Waals surface area contributed by atoms with E-state index < -0.39 is 17.8 Å². The number of hydrogen-bond donors (Lipinski definition) is 2. The average Bonchev–Trinajstić information content (AvgIpc) is 2.96. The number of amides is 1. The molecular formula is C18H22ClNO4. The number of aliphatic hydroxyl groups excluding tert-OH is 1. The lowest BCUT2D eigenvalue weighted by Crippen LogP contribution is -2.33. The van der Waals surface area contributed by atoms with Crippen molar-refractivity contribution in [3.8, 4) is 11.3 Å². The van der Waals surface area contributed by atoms with Crippen LogP contribution in [-0.4, -0.2) is 23.3 Å². The summed E-state index contributed by atoms with van der Waals surface area (Å²) in [6, 6.07) is 10.8. The fourth-order valence-electron chi connectivity index (χ4n) is 2.07. The van der Waals surface area contributed by atoms with Crippen molar-refractivity contribution in [3.05, 3.63) is 47.2 Å². The van der Waals surface area contributed by atoms with Gasteiger partial charge in [-0.3, -0.25) is 0 Å². The lowest BCUT2D eigenvalue weighted by molar-refractivity contribution is 0.0515. The highest BCUT2D eigenvalue weighted by Gasteiger charge is 2.17. The summed E-state index contributed by atoms with van der Waals surface area (Å²) in [6.07, 6.45) is -0.982. The first-order chi connectivity index (χ1) is 11.2. The first-order valence-electron chi connectivity index (χ1n) is 7.75. The lowest BCUT2D eigenvalue weighted by Gasteiger charge is -2.19. The van der Waals surface area contributed by atoms with E-state index in [2.05, 4.69) is 5.32 Å². The van der Waals surface area contributed by atoms with Gasteiger partial charge in [-0.25, -0.2) is 4.79 Å². The molecule has 2 rings (SSSR count). The van der Waals surface area contributed by atoms with Crippen LogP contribution < -0.4 is 5.32 Å². The predicted molar refractivity (Wildman–Crippen MR) is 93.0 cm³/mol. The van der Waals surface area contributed by atoms with Gasteiger partial charge in [0.15, 0.2) is 0 Å².